The largest absolute Gasteiger partial charge is 0.358 e. The summed E-state index contributed by atoms with van der Waals surface area (Å²) in [5, 5.41) is 0. The van der Waals surface area contributed by atoms with Crippen molar-refractivity contribution in [2.24, 2.45) is 0 Å². The molecule has 0 amide bonds. The van der Waals surface area contributed by atoms with E-state index in [0.29, 0.717) is 0 Å². The third kappa shape index (κ3) is 23.2. The van der Waals surface area contributed by atoms with Crippen LogP contribution in [0.3, 0.4) is 0 Å². The van der Waals surface area contributed by atoms with Crippen molar-refractivity contribution in [2.45, 2.75) is 0 Å². The second-order valence-electron chi connectivity index (χ2n) is 0. The molecular formula is CH7PY4. The van der Waals surface area contributed by atoms with Crippen LogP contribution in [-0.2, 0) is 131 Å². The summed E-state index contributed by atoms with van der Waals surface area (Å²) in [6.45, 7) is 0. The van der Waals surface area contributed by atoms with Crippen molar-refractivity contribution in [3.05, 3.63) is 7.43 Å². The minimum atomic E-state index is 0. The maximum absolute atomic E-state index is 0. The van der Waals surface area contributed by atoms with Crippen LogP contribution < -0.4 is 0 Å². The molecule has 0 nitrogen and oxygen atoms in total. The van der Waals surface area contributed by atoms with Crippen LogP contribution in [0.1, 0.15) is 0 Å². The minimum Gasteiger partial charge on any atom is -0.358 e. The van der Waals surface area contributed by atoms with Crippen molar-refractivity contribution < 1.29 is 131 Å². The first-order valence-corrected chi connectivity index (χ1v) is 0. The van der Waals surface area contributed by atoms with Gasteiger partial charge in [-0.25, -0.2) is 0 Å². The molecule has 0 N–H and O–H groups in total. The van der Waals surface area contributed by atoms with Crippen LogP contribution in [0, 0.1) is 7.43 Å². The third-order valence-corrected chi connectivity index (χ3v) is 0. The molecule has 0 aromatic heterocycles. The Bertz CT molecular complexity index is 7.51. The molecule has 4 radical (unpaired) electrons. The van der Waals surface area contributed by atoms with Gasteiger partial charge in [-0.15, -0.1) is 0 Å². The molecule has 5 heteroatoms. The molecule has 28 valence electrons. The average molecular weight is 406 g/mol. The van der Waals surface area contributed by atoms with E-state index in [1.807, 2.05) is 0 Å². The fraction of sp³-hybridized carbons (Fsp3) is 0. The average Bonchev–Trinajstić information content (AvgIpc) is 0. The summed E-state index contributed by atoms with van der Waals surface area (Å²) in [5.41, 5.74) is 0. The quantitative estimate of drug-likeness (QED) is 0.400. The van der Waals surface area contributed by atoms with Gasteiger partial charge in [-0.05, 0) is 9.90 Å². The van der Waals surface area contributed by atoms with E-state index in [0.717, 1.165) is 0 Å². The summed E-state index contributed by atoms with van der Waals surface area (Å²) in [4.78, 5) is 0. The van der Waals surface area contributed by atoms with Gasteiger partial charge in [0, 0.05) is 131 Å². The molecule has 0 rings (SSSR count). The van der Waals surface area contributed by atoms with Crippen molar-refractivity contribution in [2.75, 3.05) is 0 Å². The van der Waals surface area contributed by atoms with Crippen molar-refractivity contribution in [3.63, 3.8) is 0 Å². The second-order valence-corrected chi connectivity index (χ2v) is 0. The summed E-state index contributed by atoms with van der Waals surface area (Å²) in [5.74, 6) is 0. The zero-order valence-corrected chi connectivity index (χ0v) is 17.7. The predicted molar refractivity (Wildman–Crippen MR) is 18.9 cm³/mol. The van der Waals surface area contributed by atoms with E-state index in [4.69, 9.17) is 0 Å². The van der Waals surface area contributed by atoms with Gasteiger partial charge in [0.05, 0.1) is 0 Å². The maximum Gasteiger partial charge on any atom is 0 e. The van der Waals surface area contributed by atoms with E-state index >= 15 is 0 Å². The Balaban J connectivity index is 0. The summed E-state index contributed by atoms with van der Waals surface area (Å²) < 4.78 is 0. The van der Waals surface area contributed by atoms with Gasteiger partial charge in [0.2, 0.25) is 0 Å². The van der Waals surface area contributed by atoms with Crippen molar-refractivity contribution in [1.29, 1.82) is 0 Å². The normalized spacial score (nSPS) is 0. The molecule has 0 heterocycles. The first-order chi connectivity index (χ1) is 0. The number of rotatable bonds is 0. The van der Waals surface area contributed by atoms with Crippen LogP contribution in [0.4, 0.5) is 0 Å². The van der Waals surface area contributed by atoms with Gasteiger partial charge in [0.1, 0.15) is 0 Å². The van der Waals surface area contributed by atoms with Gasteiger partial charge in [-0.3, -0.25) is 0 Å². The molecule has 0 spiro atoms. The Labute approximate surface area is 144 Å². The maximum atomic E-state index is 0. The van der Waals surface area contributed by atoms with Crippen molar-refractivity contribution in [3.8, 4) is 0 Å². The SMILES string of the molecule is [CH3-].[PH4+].[Y].[Y].[Y].[Y]. The van der Waals surface area contributed by atoms with Crippen LogP contribution >= 0.6 is 9.90 Å². The van der Waals surface area contributed by atoms with Crippen LogP contribution in [0.15, 0.2) is 0 Å². The Morgan fingerprint density at radius 1 is 0.500 bits per heavy atom. The Morgan fingerprint density at radius 3 is 0.500 bits per heavy atom. The molecule has 0 saturated heterocycles. The van der Waals surface area contributed by atoms with Gasteiger partial charge in [-0.2, -0.15) is 0 Å². The molecule has 0 aromatic carbocycles. The van der Waals surface area contributed by atoms with Crippen LogP contribution in [0.25, 0.3) is 0 Å². The van der Waals surface area contributed by atoms with Crippen LogP contribution in [0.5, 0.6) is 0 Å². The van der Waals surface area contributed by atoms with Crippen molar-refractivity contribution >= 4 is 9.90 Å². The van der Waals surface area contributed by atoms with Gasteiger partial charge >= 0.3 is 0 Å². The van der Waals surface area contributed by atoms with E-state index in [1.165, 1.54) is 0 Å². The summed E-state index contributed by atoms with van der Waals surface area (Å²) >= 11 is 0. The Morgan fingerprint density at radius 2 is 0.500 bits per heavy atom. The fourth-order valence-electron chi connectivity index (χ4n) is 0. The smallest absolute Gasteiger partial charge is 0 e. The number of hydrogen-bond acceptors (Lipinski definition) is 0. The monoisotopic (exact) mass is 406 g/mol. The number of hydrogen-bond donors (Lipinski definition) is 0. The topological polar surface area (TPSA) is 0 Å². The molecule has 0 bridgehead atoms. The minimum absolute atomic E-state index is 0. The second kappa shape index (κ2) is 32.8. The summed E-state index contributed by atoms with van der Waals surface area (Å²) in [6, 6.07) is 0. The van der Waals surface area contributed by atoms with E-state index in [2.05, 4.69) is 0 Å². The first-order valence-electron chi connectivity index (χ1n) is 0. The van der Waals surface area contributed by atoms with E-state index < -0.39 is 0 Å². The standard InChI is InChI=1S/CH3.H3P.4Y/h2*1H3;;;;/q-1;;;;;/p+1. The zero-order valence-electron chi connectivity index (χ0n) is 4.31. The molecule has 0 fully saturated rings. The molecule has 1 unspecified atom stereocenters. The van der Waals surface area contributed by atoms with Gasteiger partial charge in [0.15, 0.2) is 0 Å². The van der Waals surface area contributed by atoms with Gasteiger partial charge in [0.25, 0.3) is 0 Å². The summed E-state index contributed by atoms with van der Waals surface area (Å²) in [6.07, 6.45) is 0. The molecular weight excluding hydrogens is 399 g/mol. The van der Waals surface area contributed by atoms with Crippen LogP contribution in [-0.4, -0.2) is 0 Å². The molecule has 0 aromatic rings. The third-order valence-electron chi connectivity index (χ3n) is 0. The Kier molecular flexibility index (Phi) is 245. The van der Waals surface area contributed by atoms with Gasteiger partial charge in [-0.1, -0.05) is 0 Å². The molecule has 6 heavy (non-hydrogen) atoms. The first kappa shape index (κ1) is 44.8. The fourth-order valence-corrected chi connectivity index (χ4v) is 0. The predicted octanol–water partition coefficient (Wildman–Crippen LogP) is 0.231. The van der Waals surface area contributed by atoms with Gasteiger partial charge < -0.3 is 7.43 Å². The summed E-state index contributed by atoms with van der Waals surface area (Å²) in [7, 11) is 0. The Hall–Kier alpha value is 4.85. The molecule has 0 aliphatic carbocycles. The zero-order chi connectivity index (χ0) is 0. The van der Waals surface area contributed by atoms with E-state index in [9.17, 15) is 0 Å². The van der Waals surface area contributed by atoms with Crippen molar-refractivity contribution in [1.82, 2.24) is 0 Å². The molecule has 1 atom stereocenters. The molecule has 0 saturated carbocycles. The molecule has 0 aliphatic heterocycles. The molecule has 0 aliphatic rings. The van der Waals surface area contributed by atoms with E-state index in [-0.39, 0.29) is 148 Å². The van der Waals surface area contributed by atoms with Crippen LogP contribution in [0.2, 0.25) is 0 Å². The van der Waals surface area contributed by atoms with E-state index in [1.54, 1.807) is 0 Å².